The summed E-state index contributed by atoms with van der Waals surface area (Å²) < 4.78 is 16.9. The van der Waals surface area contributed by atoms with E-state index >= 15 is 0 Å². The average Bonchev–Trinajstić information content (AvgIpc) is 3.37. The van der Waals surface area contributed by atoms with Crippen molar-refractivity contribution in [1.29, 1.82) is 0 Å². The van der Waals surface area contributed by atoms with Crippen LogP contribution >= 0.6 is 22.9 Å². The van der Waals surface area contributed by atoms with E-state index in [1.54, 1.807) is 45.0 Å². The van der Waals surface area contributed by atoms with Crippen LogP contribution in [0.2, 0.25) is 5.02 Å². The van der Waals surface area contributed by atoms with Gasteiger partial charge >= 0.3 is 5.97 Å². The lowest BCUT2D eigenvalue weighted by atomic mass is 10.1. The van der Waals surface area contributed by atoms with Crippen LogP contribution in [0.4, 0.5) is 5.69 Å². The maximum Gasteiger partial charge on any atom is 0.320 e. The Morgan fingerprint density at radius 3 is 2.54 bits per heavy atom. The molecule has 0 bridgehead atoms. The largest absolute Gasteiger partial charge is 0.493 e. The Kier molecular flexibility index (Phi) is 7.35. The molecule has 2 aromatic carbocycles. The molecule has 1 aliphatic rings. The van der Waals surface area contributed by atoms with Gasteiger partial charge in [0.05, 0.1) is 25.1 Å². The smallest absolute Gasteiger partial charge is 0.320 e. The lowest BCUT2D eigenvalue weighted by molar-refractivity contribution is -0.157. The van der Waals surface area contributed by atoms with Crippen molar-refractivity contribution in [3.63, 3.8) is 0 Å². The van der Waals surface area contributed by atoms with Gasteiger partial charge in [-0.1, -0.05) is 23.7 Å². The standard InChI is InChI=1S/C26H27ClN2O5S/c1-26(2,34-23(30)13-28-3)15-33-20-10-9-19(12-21(20)32-4)29-14-17-11-22(35-24(17)25(29)31)16-5-7-18(27)8-6-16/h5-12,28H,13-15H2,1-4H3. The molecule has 7 nitrogen and oxygen atoms in total. The fourth-order valence-corrected chi connectivity index (χ4v) is 5.02. The number of halogens is 1. The number of amides is 1. The van der Waals surface area contributed by atoms with Crippen LogP contribution in [0, 0.1) is 0 Å². The third-order valence-electron chi connectivity index (χ3n) is 5.45. The zero-order chi connectivity index (χ0) is 25.2. The first-order valence-corrected chi connectivity index (χ1v) is 12.3. The van der Waals surface area contributed by atoms with E-state index in [-0.39, 0.29) is 25.0 Å². The fraction of sp³-hybridized carbons (Fsp3) is 0.308. The van der Waals surface area contributed by atoms with Gasteiger partial charge in [0.15, 0.2) is 11.5 Å². The van der Waals surface area contributed by atoms with Crippen molar-refractivity contribution < 1.29 is 23.8 Å². The molecule has 0 saturated carbocycles. The van der Waals surface area contributed by atoms with Crippen LogP contribution in [0.3, 0.4) is 0 Å². The van der Waals surface area contributed by atoms with Gasteiger partial charge in [-0.05, 0) is 62.4 Å². The molecule has 3 aromatic rings. The van der Waals surface area contributed by atoms with Crippen molar-refractivity contribution in [2.24, 2.45) is 0 Å². The molecule has 1 aromatic heterocycles. The second kappa shape index (κ2) is 10.3. The highest BCUT2D eigenvalue weighted by molar-refractivity contribution is 7.17. The molecule has 1 N–H and O–H groups in total. The minimum atomic E-state index is -0.821. The first-order chi connectivity index (χ1) is 16.7. The van der Waals surface area contributed by atoms with E-state index in [9.17, 15) is 9.59 Å². The Bertz CT molecular complexity index is 1240. The topological polar surface area (TPSA) is 77.1 Å². The van der Waals surface area contributed by atoms with E-state index in [0.717, 1.165) is 26.6 Å². The number of methoxy groups -OCH3 is 1. The molecule has 0 atom stereocenters. The molecular weight excluding hydrogens is 488 g/mol. The lowest BCUT2D eigenvalue weighted by Gasteiger charge is -2.26. The molecule has 0 radical (unpaired) electrons. The number of likely N-dealkylation sites (N-methyl/N-ethyl adjacent to an activating group) is 1. The number of fused-ring (bicyclic) bond motifs is 1. The molecule has 1 aliphatic heterocycles. The third-order valence-corrected chi connectivity index (χ3v) is 6.92. The van der Waals surface area contributed by atoms with Gasteiger partial charge in [0, 0.05) is 21.7 Å². The van der Waals surface area contributed by atoms with Crippen LogP contribution in [0.5, 0.6) is 11.5 Å². The van der Waals surface area contributed by atoms with Crippen LogP contribution in [0.25, 0.3) is 10.4 Å². The van der Waals surface area contributed by atoms with Crippen LogP contribution < -0.4 is 19.7 Å². The van der Waals surface area contributed by atoms with E-state index in [1.165, 1.54) is 11.3 Å². The molecule has 184 valence electrons. The minimum Gasteiger partial charge on any atom is -0.493 e. The van der Waals surface area contributed by atoms with E-state index < -0.39 is 5.60 Å². The number of thiophene rings is 1. The predicted molar refractivity (Wildman–Crippen MR) is 138 cm³/mol. The van der Waals surface area contributed by atoms with Gasteiger partial charge in [-0.3, -0.25) is 9.59 Å². The second-order valence-corrected chi connectivity index (χ2v) is 10.2. The zero-order valence-electron chi connectivity index (χ0n) is 20.0. The molecule has 0 saturated heterocycles. The quantitative estimate of drug-likeness (QED) is 0.398. The van der Waals surface area contributed by atoms with Crippen LogP contribution in [-0.4, -0.2) is 44.8 Å². The molecule has 9 heteroatoms. The van der Waals surface area contributed by atoms with Crippen molar-refractivity contribution in [3.8, 4) is 21.9 Å². The van der Waals surface area contributed by atoms with Gasteiger partial charge < -0.3 is 24.4 Å². The van der Waals surface area contributed by atoms with Gasteiger partial charge in [0.1, 0.15) is 12.2 Å². The van der Waals surface area contributed by atoms with Crippen LogP contribution in [0.15, 0.2) is 48.5 Å². The Labute approximate surface area is 213 Å². The number of hydrogen-bond donors (Lipinski definition) is 1. The van der Waals surface area contributed by atoms with Crippen molar-refractivity contribution in [2.45, 2.75) is 26.0 Å². The zero-order valence-corrected chi connectivity index (χ0v) is 21.6. The van der Waals surface area contributed by atoms with E-state index in [0.29, 0.717) is 23.1 Å². The first-order valence-electron chi connectivity index (χ1n) is 11.1. The van der Waals surface area contributed by atoms with E-state index in [1.807, 2.05) is 30.3 Å². The summed E-state index contributed by atoms with van der Waals surface area (Å²) in [4.78, 5) is 28.5. The predicted octanol–water partition coefficient (Wildman–Crippen LogP) is 5.16. The van der Waals surface area contributed by atoms with Crippen molar-refractivity contribution in [2.75, 3.05) is 32.2 Å². The molecule has 4 rings (SSSR count). The number of ether oxygens (including phenoxy) is 3. The Morgan fingerprint density at radius 1 is 1.14 bits per heavy atom. The van der Waals surface area contributed by atoms with Crippen molar-refractivity contribution >= 4 is 40.5 Å². The highest BCUT2D eigenvalue weighted by Crippen LogP contribution is 2.40. The number of hydrogen-bond acceptors (Lipinski definition) is 7. The average molecular weight is 515 g/mol. The van der Waals surface area contributed by atoms with Gasteiger partial charge in [0.2, 0.25) is 0 Å². The Balaban J connectivity index is 1.46. The third kappa shape index (κ3) is 5.61. The monoisotopic (exact) mass is 514 g/mol. The second-order valence-electron chi connectivity index (χ2n) is 8.75. The van der Waals surface area contributed by atoms with Crippen LogP contribution in [-0.2, 0) is 16.1 Å². The number of carbonyl (C=O) groups is 2. The van der Waals surface area contributed by atoms with Gasteiger partial charge in [0.25, 0.3) is 5.91 Å². The van der Waals surface area contributed by atoms with Gasteiger partial charge in [-0.15, -0.1) is 11.3 Å². The number of anilines is 1. The minimum absolute atomic E-state index is 0.0430. The molecule has 35 heavy (non-hydrogen) atoms. The molecular formula is C26H27ClN2O5S. The molecule has 1 amide bonds. The SMILES string of the molecule is CNCC(=O)OC(C)(C)COc1ccc(N2Cc3cc(-c4ccc(Cl)cc4)sc3C2=O)cc1OC. The first kappa shape index (κ1) is 25.0. The van der Waals surface area contributed by atoms with E-state index in [4.69, 9.17) is 25.8 Å². The van der Waals surface area contributed by atoms with Gasteiger partial charge in [-0.2, -0.15) is 0 Å². The number of nitrogens with one attached hydrogen (secondary N) is 1. The fourth-order valence-electron chi connectivity index (χ4n) is 3.77. The summed E-state index contributed by atoms with van der Waals surface area (Å²) in [5, 5.41) is 3.45. The normalized spacial score (nSPS) is 13.1. The van der Waals surface area contributed by atoms with E-state index in [2.05, 4.69) is 11.4 Å². The number of nitrogens with zero attached hydrogens (tertiary/aromatic N) is 1. The molecule has 0 unspecified atom stereocenters. The summed E-state index contributed by atoms with van der Waals surface area (Å²) in [6, 6.07) is 15.0. The highest BCUT2D eigenvalue weighted by Gasteiger charge is 2.32. The Hall–Kier alpha value is -3.07. The number of esters is 1. The number of rotatable bonds is 9. The molecule has 0 spiro atoms. The maximum absolute atomic E-state index is 13.2. The summed E-state index contributed by atoms with van der Waals surface area (Å²) in [5.74, 6) is 0.589. The van der Waals surface area contributed by atoms with Crippen LogP contribution in [0.1, 0.15) is 29.1 Å². The summed E-state index contributed by atoms with van der Waals surface area (Å²) in [7, 11) is 3.23. The molecule has 0 fully saturated rings. The summed E-state index contributed by atoms with van der Waals surface area (Å²) in [6.45, 7) is 4.31. The lowest BCUT2D eigenvalue weighted by Crippen LogP contribution is -2.37. The molecule has 2 heterocycles. The number of carbonyl (C=O) groups excluding carboxylic acids is 2. The molecule has 0 aliphatic carbocycles. The maximum atomic E-state index is 13.2. The van der Waals surface area contributed by atoms with Crippen molar-refractivity contribution in [3.05, 3.63) is 64.0 Å². The highest BCUT2D eigenvalue weighted by atomic mass is 35.5. The number of benzene rings is 2. The van der Waals surface area contributed by atoms with Crippen molar-refractivity contribution in [1.82, 2.24) is 5.32 Å². The Morgan fingerprint density at radius 2 is 1.89 bits per heavy atom. The summed E-state index contributed by atoms with van der Waals surface area (Å²) >= 11 is 7.48. The summed E-state index contributed by atoms with van der Waals surface area (Å²) in [6.07, 6.45) is 0. The summed E-state index contributed by atoms with van der Waals surface area (Å²) in [5.41, 5.74) is 1.93. The van der Waals surface area contributed by atoms with Gasteiger partial charge in [-0.25, -0.2) is 0 Å².